The van der Waals surface area contributed by atoms with Crippen molar-refractivity contribution in [1.82, 2.24) is 5.32 Å². The van der Waals surface area contributed by atoms with E-state index in [0.717, 1.165) is 31.7 Å². The first kappa shape index (κ1) is 15.0. The van der Waals surface area contributed by atoms with Gasteiger partial charge in [0.1, 0.15) is 5.75 Å². The normalized spacial score (nSPS) is 11.6. The van der Waals surface area contributed by atoms with E-state index in [9.17, 15) is 0 Å². The number of nitrogens with one attached hydrogen (secondary N) is 1. The van der Waals surface area contributed by atoms with Gasteiger partial charge in [0.25, 0.3) is 0 Å². The Bertz CT molecular complexity index is 366. The predicted octanol–water partition coefficient (Wildman–Crippen LogP) is 3.85. The van der Waals surface area contributed by atoms with Gasteiger partial charge in [-0.1, -0.05) is 17.7 Å². The van der Waals surface area contributed by atoms with Crippen LogP contribution in [-0.2, 0) is 0 Å². The van der Waals surface area contributed by atoms with Crippen molar-refractivity contribution in [1.29, 1.82) is 0 Å². The second-order valence-corrected chi connectivity index (χ2v) is 6.00. The number of aryl methyl sites for hydroxylation is 2. The highest BCUT2D eigenvalue weighted by Crippen LogP contribution is 2.18. The third-order valence-corrected chi connectivity index (χ3v) is 2.81. The summed E-state index contributed by atoms with van der Waals surface area (Å²) in [4.78, 5) is 0. The Kier molecular flexibility index (Phi) is 5.67. The molecule has 0 unspecified atom stereocenters. The number of ether oxygens (including phenoxy) is 1. The molecule has 1 aromatic rings. The third-order valence-electron chi connectivity index (χ3n) is 2.81. The first-order valence-electron chi connectivity index (χ1n) is 6.83. The average molecular weight is 249 g/mol. The van der Waals surface area contributed by atoms with E-state index in [1.807, 2.05) is 0 Å². The highest BCUT2D eigenvalue weighted by Gasteiger charge is 2.07. The topological polar surface area (TPSA) is 21.3 Å². The van der Waals surface area contributed by atoms with Gasteiger partial charge in [-0.25, -0.2) is 0 Å². The standard InChI is InChI=1S/C16H27NO/c1-13-8-9-15(14(2)12-13)18-11-7-6-10-17-16(3,4)5/h8-9,12,17H,6-7,10-11H2,1-5H3. The minimum atomic E-state index is 0.217. The summed E-state index contributed by atoms with van der Waals surface area (Å²) in [5, 5.41) is 3.48. The van der Waals surface area contributed by atoms with Gasteiger partial charge in [-0.3, -0.25) is 0 Å². The van der Waals surface area contributed by atoms with E-state index >= 15 is 0 Å². The molecule has 0 bridgehead atoms. The van der Waals surface area contributed by atoms with Gasteiger partial charge in [0.2, 0.25) is 0 Å². The first-order valence-corrected chi connectivity index (χ1v) is 6.83. The van der Waals surface area contributed by atoms with Crippen molar-refractivity contribution in [2.24, 2.45) is 0 Å². The molecule has 0 aromatic heterocycles. The smallest absolute Gasteiger partial charge is 0.122 e. The highest BCUT2D eigenvalue weighted by molar-refractivity contribution is 5.35. The molecule has 0 spiro atoms. The van der Waals surface area contributed by atoms with Crippen molar-refractivity contribution in [2.75, 3.05) is 13.2 Å². The SMILES string of the molecule is Cc1ccc(OCCCCNC(C)(C)C)c(C)c1. The third kappa shape index (κ3) is 6.06. The van der Waals surface area contributed by atoms with E-state index in [0.29, 0.717) is 0 Å². The second kappa shape index (κ2) is 6.79. The minimum absolute atomic E-state index is 0.217. The van der Waals surface area contributed by atoms with E-state index in [4.69, 9.17) is 4.74 Å². The Hall–Kier alpha value is -1.02. The molecule has 0 aliphatic heterocycles. The van der Waals surface area contributed by atoms with Gasteiger partial charge in [-0.2, -0.15) is 0 Å². The Morgan fingerprint density at radius 2 is 1.83 bits per heavy atom. The van der Waals surface area contributed by atoms with Crippen LogP contribution in [0.3, 0.4) is 0 Å². The summed E-state index contributed by atoms with van der Waals surface area (Å²) in [6.07, 6.45) is 2.25. The zero-order valence-electron chi connectivity index (χ0n) is 12.5. The molecule has 0 atom stereocenters. The maximum atomic E-state index is 5.80. The van der Waals surface area contributed by atoms with E-state index in [1.54, 1.807) is 0 Å². The van der Waals surface area contributed by atoms with Crippen molar-refractivity contribution in [3.05, 3.63) is 29.3 Å². The van der Waals surface area contributed by atoms with Crippen LogP contribution in [0.15, 0.2) is 18.2 Å². The number of rotatable bonds is 6. The molecule has 0 aliphatic carbocycles. The minimum Gasteiger partial charge on any atom is -0.493 e. The van der Waals surface area contributed by atoms with E-state index in [2.05, 4.69) is 58.1 Å². The van der Waals surface area contributed by atoms with E-state index in [1.165, 1.54) is 11.1 Å². The lowest BCUT2D eigenvalue weighted by Gasteiger charge is -2.20. The molecule has 2 nitrogen and oxygen atoms in total. The fourth-order valence-corrected chi connectivity index (χ4v) is 1.83. The lowest BCUT2D eigenvalue weighted by Crippen LogP contribution is -2.36. The van der Waals surface area contributed by atoms with Crippen LogP contribution in [0.2, 0.25) is 0 Å². The van der Waals surface area contributed by atoms with Crippen LogP contribution in [0.1, 0.15) is 44.7 Å². The molecule has 0 aliphatic rings. The summed E-state index contributed by atoms with van der Waals surface area (Å²) < 4.78 is 5.80. The molecular weight excluding hydrogens is 222 g/mol. The molecule has 1 rings (SSSR count). The molecule has 0 radical (unpaired) electrons. The Labute approximate surface area is 112 Å². The Morgan fingerprint density at radius 3 is 2.44 bits per heavy atom. The molecule has 0 saturated heterocycles. The quantitative estimate of drug-likeness (QED) is 0.773. The van der Waals surface area contributed by atoms with E-state index in [-0.39, 0.29) is 5.54 Å². The number of hydrogen-bond donors (Lipinski definition) is 1. The van der Waals surface area contributed by atoms with Gasteiger partial charge >= 0.3 is 0 Å². The fourth-order valence-electron chi connectivity index (χ4n) is 1.83. The van der Waals surface area contributed by atoms with Gasteiger partial charge in [-0.15, -0.1) is 0 Å². The first-order chi connectivity index (χ1) is 8.38. The van der Waals surface area contributed by atoms with E-state index < -0.39 is 0 Å². The number of hydrogen-bond acceptors (Lipinski definition) is 2. The molecule has 0 heterocycles. The molecular formula is C16H27NO. The van der Waals surface area contributed by atoms with Gasteiger partial charge < -0.3 is 10.1 Å². The van der Waals surface area contributed by atoms with Crippen LogP contribution in [0.5, 0.6) is 5.75 Å². The summed E-state index contributed by atoms with van der Waals surface area (Å²) in [6.45, 7) is 12.6. The summed E-state index contributed by atoms with van der Waals surface area (Å²) in [7, 11) is 0. The summed E-state index contributed by atoms with van der Waals surface area (Å²) in [5.74, 6) is 1.02. The molecule has 1 aromatic carbocycles. The van der Waals surface area contributed by atoms with Crippen LogP contribution in [0.25, 0.3) is 0 Å². The number of unbranched alkanes of at least 4 members (excludes halogenated alkanes) is 1. The van der Waals surface area contributed by atoms with Crippen molar-refractivity contribution in [3.63, 3.8) is 0 Å². The molecule has 102 valence electrons. The largest absolute Gasteiger partial charge is 0.493 e. The van der Waals surface area contributed by atoms with Crippen molar-refractivity contribution in [3.8, 4) is 5.75 Å². The van der Waals surface area contributed by atoms with Crippen LogP contribution >= 0.6 is 0 Å². The Morgan fingerprint density at radius 1 is 1.11 bits per heavy atom. The van der Waals surface area contributed by atoms with Crippen LogP contribution in [-0.4, -0.2) is 18.7 Å². The zero-order chi connectivity index (χ0) is 13.6. The van der Waals surface area contributed by atoms with Crippen molar-refractivity contribution >= 4 is 0 Å². The van der Waals surface area contributed by atoms with Crippen LogP contribution in [0.4, 0.5) is 0 Å². The number of benzene rings is 1. The second-order valence-electron chi connectivity index (χ2n) is 6.00. The predicted molar refractivity (Wildman–Crippen MR) is 78.4 cm³/mol. The molecule has 0 saturated carbocycles. The highest BCUT2D eigenvalue weighted by atomic mass is 16.5. The van der Waals surface area contributed by atoms with Gasteiger partial charge in [0.05, 0.1) is 6.61 Å². The molecule has 1 N–H and O–H groups in total. The van der Waals surface area contributed by atoms with Gasteiger partial charge in [-0.05, 0) is 65.6 Å². The lowest BCUT2D eigenvalue weighted by molar-refractivity contribution is 0.299. The van der Waals surface area contributed by atoms with Crippen molar-refractivity contribution < 1.29 is 4.74 Å². The maximum absolute atomic E-state index is 5.80. The molecule has 2 heteroatoms. The summed E-state index contributed by atoms with van der Waals surface area (Å²) in [5.41, 5.74) is 2.73. The molecule has 0 amide bonds. The zero-order valence-corrected chi connectivity index (χ0v) is 12.5. The van der Waals surface area contributed by atoms with Crippen LogP contribution in [0, 0.1) is 13.8 Å². The molecule has 0 fully saturated rings. The fraction of sp³-hybridized carbons (Fsp3) is 0.625. The molecule has 18 heavy (non-hydrogen) atoms. The monoisotopic (exact) mass is 249 g/mol. The summed E-state index contributed by atoms with van der Waals surface area (Å²) in [6, 6.07) is 6.33. The van der Waals surface area contributed by atoms with Gasteiger partial charge in [0, 0.05) is 5.54 Å². The average Bonchev–Trinajstić information content (AvgIpc) is 2.24. The lowest BCUT2D eigenvalue weighted by atomic mass is 10.1. The summed E-state index contributed by atoms with van der Waals surface area (Å²) >= 11 is 0. The van der Waals surface area contributed by atoms with Crippen LogP contribution < -0.4 is 10.1 Å². The Balaban J connectivity index is 2.18. The maximum Gasteiger partial charge on any atom is 0.122 e. The van der Waals surface area contributed by atoms with Crippen molar-refractivity contribution in [2.45, 2.75) is 53.0 Å². The van der Waals surface area contributed by atoms with Gasteiger partial charge in [0.15, 0.2) is 0 Å².